The van der Waals surface area contributed by atoms with Gasteiger partial charge in [-0.05, 0) is 26.3 Å². The highest BCUT2D eigenvalue weighted by atomic mass is 16.8. The van der Waals surface area contributed by atoms with Gasteiger partial charge in [0, 0.05) is 0 Å². The van der Waals surface area contributed by atoms with Crippen LogP contribution in [0.1, 0.15) is 26.3 Å². The molecule has 1 aromatic carbocycles. The standard InChI is InChI=1S/C14H18O4/c1-10-12(18-14(2,3)17-10)13(15)16-9-11-7-5-4-6-8-11/h4-8,10,12H,9H2,1-3H3/t10-,12-/m1/s1. The number of carbonyl (C=O) groups is 1. The fraction of sp³-hybridized carbons (Fsp3) is 0.500. The quantitative estimate of drug-likeness (QED) is 0.772. The Morgan fingerprint density at radius 2 is 1.94 bits per heavy atom. The van der Waals surface area contributed by atoms with E-state index in [2.05, 4.69) is 0 Å². The molecule has 1 fully saturated rings. The number of esters is 1. The van der Waals surface area contributed by atoms with Crippen LogP contribution in [0.25, 0.3) is 0 Å². The van der Waals surface area contributed by atoms with Crippen LogP contribution in [-0.2, 0) is 25.6 Å². The minimum atomic E-state index is -0.726. The summed E-state index contributed by atoms with van der Waals surface area (Å²) in [4.78, 5) is 11.9. The third-order valence-corrected chi connectivity index (χ3v) is 2.76. The Kier molecular flexibility index (Phi) is 3.68. The van der Waals surface area contributed by atoms with Crippen molar-refractivity contribution in [2.24, 2.45) is 0 Å². The molecule has 4 nitrogen and oxygen atoms in total. The van der Waals surface area contributed by atoms with Gasteiger partial charge in [0.15, 0.2) is 11.9 Å². The zero-order chi connectivity index (χ0) is 13.2. The number of hydrogen-bond donors (Lipinski definition) is 0. The van der Waals surface area contributed by atoms with Crippen LogP contribution in [-0.4, -0.2) is 24.0 Å². The van der Waals surface area contributed by atoms with Crippen LogP contribution in [0, 0.1) is 0 Å². The van der Waals surface area contributed by atoms with Crippen molar-refractivity contribution in [1.29, 1.82) is 0 Å². The maximum absolute atomic E-state index is 11.9. The van der Waals surface area contributed by atoms with E-state index in [1.807, 2.05) is 37.3 Å². The summed E-state index contributed by atoms with van der Waals surface area (Å²) in [5.41, 5.74) is 0.955. The van der Waals surface area contributed by atoms with Crippen LogP contribution in [0.15, 0.2) is 30.3 Å². The van der Waals surface area contributed by atoms with Crippen molar-refractivity contribution in [1.82, 2.24) is 0 Å². The normalized spacial score (nSPS) is 25.9. The molecule has 1 aliphatic heterocycles. The molecule has 0 radical (unpaired) electrons. The predicted octanol–water partition coefficient (Wildman–Crippen LogP) is 2.27. The molecule has 18 heavy (non-hydrogen) atoms. The van der Waals surface area contributed by atoms with Crippen molar-refractivity contribution in [3.05, 3.63) is 35.9 Å². The summed E-state index contributed by atoms with van der Waals surface area (Å²) >= 11 is 0. The molecule has 4 heteroatoms. The first-order chi connectivity index (χ1) is 8.48. The van der Waals surface area contributed by atoms with Gasteiger partial charge in [-0.25, -0.2) is 4.79 Å². The maximum Gasteiger partial charge on any atom is 0.338 e. The molecule has 0 N–H and O–H groups in total. The van der Waals surface area contributed by atoms with Crippen molar-refractivity contribution in [2.75, 3.05) is 0 Å². The average molecular weight is 250 g/mol. The minimum absolute atomic E-state index is 0.257. The Balaban J connectivity index is 1.89. The van der Waals surface area contributed by atoms with Crippen molar-refractivity contribution in [3.8, 4) is 0 Å². The van der Waals surface area contributed by atoms with E-state index in [-0.39, 0.29) is 18.7 Å². The molecule has 1 saturated heterocycles. The van der Waals surface area contributed by atoms with Gasteiger partial charge in [0.05, 0.1) is 6.10 Å². The van der Waals surface area contributed by atoms with Crippen molar-refractivity contribution in [3.63, 3.8) is 0 Å². The highest BCUT2D eigenvalue weighted by Crippen LogP contribution is 2.28. The maximum atomic E-state index is 11.9. The molecule has 0 unspecified atom stereocenters. The lowest BCUT2D eigenvalue weighted by Crippen LogP contribution is -2.31. The molecule has 0 amide bonds. The van der Waals surface area contributed by atoms with Gasteiger partial charge in [-0.2, -0.15) is 0 Å². The lowest BCUT2D eigenvalue weighted by molar-refractivity contribution is -0.171. The summed E-state index contributed by atoms with van der Waals surface area (Å²) in [6.07, 6.45) is -0.938. The van der Waals surface area contributed by atoms with Crippen LogP contribution in [0.2, 0.25) is 0 Å². The first-order valence-corrected chi connectivity index (χ1v) is 6.04. The Bertz CT molecular complexity index is 413. The third kappa shape index (κ3) is 3.09. The van der Waals surface area contributed by atoms with E-state index in [1.54, 1.807) is 13.8 Å². The van der Waals surface area contributed by atoms with Gasteiger partial charge < -0.3 is 14.2 Å². The first-order valence-electron chi connectivity index (χ1n) is 6.04. The monoisotopic (exact) mass is 250 g/mol. The van der Waals surface area contributed by atoms with Crippen molar-refractivity contribution >= 4 is 5.97 Å². The van der Waals surface area contributed by atoms with Crippen LogP contribution < -0.4 is 0 Å². The highest BCUT2D eigenvalue weighted by Gasteiger charge is 2.43. The van der Waals surface area contributed by atoms with E-state index in [1.165, 1.54) is 0 Å². The second kappa shape index (κ2) is 5.08. The zero-order valence-electron chi connectivity index (χ0n) is 10.9. The molecule has 0 saturated carbocycles. The summed E-state index contributed by atoms with van der Waals surface area (Å²) in [5, 5.41) is 0. The van der Waals surface area contributed by atoms with Gasteiger partial charge in [0.1, 0.15) is 6.61 Å². The highest BCUT2D eigenvalue weighted by molar-refractivity contribution is 5.75. The molecule has 0 spiro atoms. The number of carbonyl (C=O) groups excluding carboxylic acids is 1. The number of hydrogen-bond acceptors (Lipinski definition) is 4. The summed E-state index contributed by atoms with van der Waals surface area (Å²) in [6.45, 7) is 5.64. The van der Waals surface area contributed by atoms with E-state index in [4.69, 9.17) is 14.2 Å². The van der Waals surface area contributed by atoms with E-state index in [9.17, 15) is 4.79 Å². The number of rotatable bonds is 3. The molecule has 0 aromatic heterocycles. The van der Waals surface area contributed by atoms with Gasteiger partial charge >= 0.3 is 5.97 Å². The van der Waals surface area contributed by atoms with Gasteiger partial charge in [0.25, 0.3) is 0 Å². The Morgan fingerprint density at radius 3 is 2.50 bits per heavy atom. The summed E-state index contributed by atoms with van der Waals surface area (Å²) in [7, 11) is 0. The molecule has 0 aliphatic carbocycles. The average Bonchev–Trinajstić information content (AvgIpc) is 2.61. The summed E-state index contributed by atoms with van der Waals surface area (Å²) in [6, 6.07) is 9.55. The number of ether oxygens (including phenoxy) is 3. The minimum Gasteiger partial charge on any atom is -0.459 e. The van der Waals surface area contributed by atoms with E-state index in [0.717, 1.165) is 5.56 Å². The molecule has 98 valence electrons. The zero-order valence-corrected chi connectivity index (χ0v) is 10.9. The Labute approximate surface area is 107 Å². The fourth-order valence-corrected chi connectivity index (χ4v) is 1.99. The molecule has 2 rings (SSSR count). The van der Waals surface area contributed by atoms with Crippen LogP contribution in [0.4, 0.5) is 0 Å². The Hall–Kier alpha value is -1.39. The fourth-order valence-electron chi connectivity index (χ4n) is 1.99. The van der Waals surface area contributed by atoms with Crippen LogP contribution in [0.5, 0.6) is 0 Å². The molecular formula is C14H18O4. The Morgan fingerprint density at radius 1 is 1.28 bits per heavy atom. The largest absolute Gasteiger partial charge is 0.459 e. The topological polar surface area (TPSA) is 44.8 Å². The predicted molar refractivity (Wildman–Crippen MR) is 65.7 cm³/mol. The second-order valence-electron chi connectivity index (χ2n) is 4.85. The van der Waals surface area contributed by atoms with Gasteiger partial charge in [0.2, 0.25) is 0 Å². The molecule has 2 atom stereocenters. The SMILES string of the molecule is C[C@H]1OC(C)(C)O[C@H]1C(=O)OCc1ccccc1. The third-order valence-electron chi connectivity index (χ3n) is 2.76. The van der Waals surface area contributed by atoms with Gasteiger partial charge in [-0.1, -0.05) is 30.3 Å². The summed E-state index contributed by atoms with van der Waals surface area (Å²) in [5.74, 6) is -1.10. The first kappa shape index (κ1) is 13.1. The lowest BCUT2D eigenvalue weighted by Gasteiger charge is -2.16. The lowest BCUT2D eigenvalue weighted by atomic mass is 10.2. The molecular weight excluding hydrogens is 232 g/mol. The molecule has 0 bridgehead atoms. The summed E-state index contributed by atoms with van der Waals surface area (Å²) < 4.78 is 16.3. The van der Waals surface area contributed by atoms with E-state index in [0.29, 0.717) is 0 Å². The van der Waals surface area contributed by atoms with Gasteiger partial charge in [-0.15, -0.1) is 0 Å². The number of benzene rings is 1. The van der Waals surface area contributed by atoms with E-state index < -0.39 is 11.9 Å². The molecule has 1 aromatic rings. The second-order valence-corrected chi connectivity index (χ2v) is 4.85. The van der Waals surface area contributed by atoms with E-state index >= 15 is 0 Å². The van der Waals surface area contributed by atoms with Crippen molar-refractivity contribution < 1.29 is 19.0 Å². The smallest absolute Gasteiger partial charge is 0.338 e. The van der Waals surface area contributed by atoms with Crippen molar-refractivity contribution in [2.45, 2.75) is 45.4 Å². The van der Waals surface area contributed by atoms with Crippen LogP contribution in [0.3, 0.4) is 0 Å². The molecule has 1 aliphatic rings. The van der Waals surface area contributed by atoms with Crippen LogP contribution >= 0.6 is 0 Å². The van der Waals surface area contributed by atoms with Gasteiger partial charge in [-0.3, -0.25) is 0 Å². The molecule has 1 heterocycles.